The number of halogens is 1. The van der Waals surface area contributed by atoms with Gasteiger partial charge in [-0.05, 0) is 63.1 Å². The van der Waals surface area contributed by atoms with E-state index in [1.165, 1.54) is 12.8 Å². The molecule has 3 fully saturated rings. The van der Waals surface area contributed by atoms with E-state index < -0.39 is 11.2 Å². The highest BCUT2D eigenvalue weighted by molar-refractivity contribution is 7.90. The van der Waals surface area contributed by atoms with Gasteiger partial charge in [-0.15, -0.1) is 5.10 Å². The van der Waals surface area contributed by atoms with E-state index in [-0.39, 0.29) is 25.3 Å². The van der Waals surface area contributed by atoms with Gasteiger partial charge in [0.2, 0.25) is 5.95 Å². The van der Waals surface area contributed by atoms with Gasteiger partial charge < -0.3 is 24.1 Å². The molecule has 14 nitrogen and oxygen atoms in total. The lowest BCUT2D eigenvalue weighted by Crippen LogP contribution is -2.52. The van der Waals surface area contributed by atoms with E-state index in [9.17, 15) is 4.55 Å². The summed E-state index contributed by atoms with van der Waals surface area (Å²) in [5, 5.41) is 20.3. The van der Waals surface area contributed by atoms with Crippen molar-refractivity contribution in [3.8, 4) is 22.8 Å². The maximum absolute atomic E-state index is 11.7. The molecule has 6 rings (SSSR count). The quantitative estimate of drug-likeness (QED) is 0.0608. The second-order valence-electron chi connectivity index (χ2n) is 12.6. The zero-order valence-corrected chi connectivity index (χ0v) is 28.8. The van der Waals surface area contributed by atoms with E-state index >= 15 is 0 Å². The molecule has 1 aromatic carbocycles. The second-order valence-corrected chi connectivity index (χ2v) is 14.6. The summed E-state index contributed by atoms with van der Waals surface area (Å²) in [7, 11) is 0. The summed E-state index contributed by atoms with van der Waals surface area (Å²) in [6.45, 7) is 4.06. The Balaban J connectivity index is 1.12. The minimum absolute atomic E-state index is 0.228. The molecule has 0 spiro atoms. The largest absolute Gasteiger partial charge is 0.616 e. The number of nitrogens with one attached hydrogen (secondary N) is 3. The Kier molecular flexibility index (Phi) is 11.3. The van der Waals surface area contributed by atoms with E-state index in [2.05, 4.69) is 25.4 Å². The Morgan fingerprint density at radius 1 is 1.12 bits per heavy atom. The van der Waals surface area contributed by atoms with E-state index in [1.54, 1.807) is 24.7 Å². The van der Waals surface area contributed by atoms with E-state index in [0.29, 0.717) is 52.2 Å². The lowest BCUT2D eigenvalue weighted by Gasteiger charge is -2.43. The number of hydrogen-bond donors (Lipinski definition) is 3. The summed E-state index contributed by atoms with van der Waals surface area (Å²) in [4.78, 5) is 11.9. The molecule has 1 unspecified atom stereocenters. The predicted molar refractivity (Wildman–Crippen MR) is 184 cm³/mol. The van der Waals surface area contributed by atoms with E-state index in [1.807, 2.05) is 29.9 Å². The maximum atomic E-state index is 11.7. The molecule has 16 heteroatoms. The minimum Gasteiger partial charge on any atom is -0.616 e. The fourth-order valence-corrected chi connectivity index (χ4v) is 7.44. The Hall–Kier alpha value is -3.50. The summed E-state index contributed by atoms with van der Waals surface area (Å²) in [6, 6.07) is 7.42. The molecule has 4 heterocycles. The van der Waals surface area contributed by atoms with Crippen molar-refractivity contribution in [1.29, 1.82) is 10.9 Å². The van der Waals surface area contributed by atoms with Crippen LogP contribution >= 0.6 is 11.6 Å². The van der Waals surface area contributed by atoms with Crippen LogP contribution < -0.4 is 14.8 Å². The second kappa shape index (κ2) is 15.8. The molecule has 2 aromatic heterocycles. The predicted octanol–water partition coefficient (Wildman–Crippen LogP) is 5.46. The molecule has 1 aliphatic carbocycles. The van der Waals surface area contributed by atoms with Gasteiger partial charge in [-0.3, -0.25) is 15.0 Å². The van der Waals surface area contributed by atoms with Crippen molar-refractivity contribution >= 4 is 40.8 Å². The first-order chi connectivity index (χ1) is 23.3. The first-order valence-electron chi connectivity index (χ1n) is 16.4. The molecule has 0 amide bonds. The van der Waals surface area contributed by atoms with Crippen LogP contribution in [0.4, 0.5) is 11.6 Å². The fourth-order valence-electron chi connectivity index (χ4n) is 6.96. The smallest absolute Gasteiger partial charge is 0.257 e. The van der Waals surface area contributed by atoms with Gasteiger partial charge in [0.25, 0.3) is 5.88 Å². The number of aromatic nitrogens is 4. The molecule has 2 aliphatic heterocycles. The Morgan fingerprint density at radius 3 is 2.48 bits per heavy atom. The zero-order chi connectivity index (χ0) is 33.6. The van der Waals surface area contributed by atoms with Gasteiger partial charge in [0.1, 0.15) is 36.2 Å². The van der Waals surface area contributed by atoms with Crippen LogP contribution in [0.5, 0.6) is 11.6 Å². The Bertz CT molecular complexity index is 1510. The average Bonchev–Trinajstić information content (AvgIpc) is 3.60. The van der Waals surface area contributed by atoms with Crippen molar-refractivity contribution in [3.05, 3.63) is 41.8 Å². The van der Waals surface area contributed by atoms with Gasteiger partial charge in [0.15, 0.2) is 0 Å². The van der Waals surface area contributed by atoms with E-state index in [0.717, 1.165) is 61.4 Å². The number of fused-ring (bicyclic) bond motifs is 2. The molecule has 48 heavy (non-hydrogen) atoms. The molecule has 2 saturated heterocycles. The first kappa shape index (κ1) is 34.4. The highest BCUT2D eigenvalue weighted by Crippen LogP contribution is 2.39. The number of morpholine rings is 1. The number of ether oxygens (including phenoxy) is 3. The zero-order valence-electron chi connectivity index (χ0n) is 27.3. The summed E-state index contributed by atoms with van der Waals surface area (Å²) in [5.74, 6) is 1.71. The van der Waals surface area contributed by atoms with Gasteiger partial charge in [0.05, 0.1) is 43.3 Å². The van der Waals surface area contributed by atoms with Crippen LogP contribution in [0.2, 0.25) is 5.02 Å². The summed E-state index contributed by atoms with van der Waals surface area (Å²) in [5.41, 5.74) is 9.37. The molecule has 3 aliphatic rings. The summed E-state index contributed by atoms with van der Waals surface area (Å²) >= 11 is 5.42. The van der Waals surface area contributed by atoms with Gasteiger partial charge in [-0.1, -0.05) is 34.1 Å². The van der Waals surface area contributed by atoms with Crippen molar-refractivity contribution in [3.63, 3.8) is 0 Å². The topological polar surface area (TPSA) is 173 Å². The lowest BCUT2D eigenvalue weighted by atomic mass is 9.89. The maximum Gasteiger partial charge on any atom is 0.257 e. The van der Waals surface area contributed by atoms with Crippen LogP contribution in [-0.4, -0.2) is 103 Å². The van der Waals surface area contributed by atoms with Crippen LogP contribution in [0.25, 0.3) is 11.1 Å². The number of anilines is 2. The van der Waals surface area contributed by atoms with Crippen LogP contribution in [0, 0.1) is 10.9 Å². The SMILES string of the molecule is C[C@@H](CN(C=N)N=N)Oc1cc(-c2cnc(Nc3cn([C@H]4CC[C@H](N5[C@@H]6CC[C@H]5COC6)CC4)nc3OCC[S+](C)[O-])nc2)ccc1Cl. The minimum atomic E-state index is -0.979. The Labute approximate surface area is 288 Å². The lowest BCUT2D eigenvalue weighted by molar-refractivity contribution is -0.0458. The highest BCUT2D eigenvalue weighted by atomic mass is 35.5. The van der Waals surface area contributed by atoms with Gasteiger partial charge in [0, 0.05) is 36.1 Å². The van der Waals surface area contributed by atoms with Crippen LogP contribution in [0.1, 0.15) is 51.5 Å². The molecule has 4 atom stereocenters. The number of hydrogen-bond acceptors (Lipinski definition) is 12. The summed E-state index contributed by atoms with van der Waals surface area (Å²) in [6.07, 6.45) is 14.5. The molecule has 3 aromatic rings. The van der Waals surface area contributed by atoms with Crippen LogP contribution in [0.15, 0.2) is 42.0 Å². The van der Waals surface area contributed by atoms with Crippen molar-refractivity contribution in [2.75, 3.05) is 43.7 Å². The first-order valence-corrected chi connectivity index (χ1v) is 18.5. The van der Waals surface area contributed by atoms with Crippen molar-refractivity contribution in [2.45, 2.75) is 75.7 Å². The average molecular weight is 699 g/mol. The van der Waals surface area contributed by atoms with Crippen LogP contribution in [0.3, 0.4) is 0 Å². The molecule has 0 radical (unpaired) electrons. The molecule has 1 saturated carbocycles. The third kappa shape index (κ3) is 8.20. The molecule has 258 valence electrons. The third-order valence-electron chi connectivity index (χ3n) is 9.28. The van der Waals surface area contributed by atoms with Gasteiger partial charge >= 0.3 is 0 Å². The van der Waals surface area contributed by atoms with Crippen molar-refractivity contribution in [2.24, 2.45) is 5.22 Å². The Morgan fingerprint density at radius 2 is 1.81 bits per heavy atom. The standard InChI is InChI=1S/C32H43ClN10O4S/c1-21(16-41(20-34)40-35)47-30-13-22(3-10-28(30)33)23-14-36-32(37-15-23)38-29-17-42(39-31(29)46-11-12-48(2)44)24-4-6-25(7-5-24)43-26-8-9-27(43)19-45-18-26/h3,10,13-15,17,20-21,24-27,34-35H,4-9,11-12,16,18-19H2,1-2H3,(H,36,37,38)/t21-,24-,25-,26-,27+,48?/m0/s1. The van der Waals surface area contributed by atoms with Crippen molar-refractivity contribution in [1.82, 2.24) is 29.7 Å². The van der Waals surface area contributed by atoms with Crippen molar-refractivity contribution < 1.29 is 18.8 Å². The molecular formula is C32H43ClN10O4S. The van der Waals surface area contributed by atoms with Crippen LogP contribution in [-0.2, 0) is 15.9 Å². The fraction of sp³-hybridized carbons (Fsp3) is 0.562. The number of benzene rings is 1. The monoisotopic (exact) mass is 698 g/mol. The normalized spacial score (nSPS) is 23.7. The number of nitrogens with zero attached hydrogens (tertiary/aromatic N) is 7. The molecule has 3 N–H and O–H groups in total. The van der Waals surface area contributed by atoms with E-state index in [4.69, 9.17) is 41.9 Å². The highest BCUT2D eigenvalue weighted by Gasteiger charge is 2.42. The third-order valence-corrected chi connectivity index (χ3v) is 10.3. The number of rotatable bonds is 15. The summed E-state index contributed by atoms with van der Waals surface area (Å²) < 4.78 is 31.5. The molecular weight excluding hydrogens is 656 g/mol. The molecule has 2 bridgehead atoms. The van der Waals surface area contributed by atoms with Gasteiger partial charge in [-0.2, -0.15) is 5.53 Å². The van der Waals surface area contributed by atoms with Gasteiger partial charge in [-0.25, -0.2) is 15.0 Å².